The molecule has 45 heavy (non-hydrogen) atoms. The lowest BCUT2D eigenvalue weighted by Crippen LogP contribution is -2.71. The zero-order valence-corrected chi connectivity index (χ0v) is 27.2. The maximum absolute atomic E-state index is 13.2. The highest BCUT2D eigenvalue weighted by Gasteiger charge is 2.54. The van der Waals surface area contributed by atoms with E-state index >= 15 is 0 Å². The van der Waals surface area contributed by atoms with Gasteiger partial charge < -0.3 is 20.0 Å². The molecule has 5 rings (SSSR count). The van der Waals surface area contributed by atoms with Gasteiger partial charge in [-0.1, -0.05) is 58.7 Å². The quantitative estimate of drug-likeness (QED) is 0.106. The van der Waals surface area contributed by atoms with Gasteiger partial charge in [-0.05, 0) is 29.3 Å². The Morgan fingerprint density at radius 2 is 1.98 bits per heavy atom. The van der Waals surface area contributed by atoms with E-state index in [0.29, 0.717) is 21.4 Å². The van der Waals surface area contributed by atoms with Crippen molar-refractivity contribution in [3.05, 3.63) is 86.5 Å². The maximum Gasteiger partial charge on any atom is 0.413 e. The number of carboxylic acid groups (broad SMARTS) is 1. The third-order valence-corrected chi connectivity index (χ3v) is 10.3. The lowest BCUT2D eigenvalue weighted by atomic mass is 10.0. The van der Waals surface area contributed by atoms with Crippen LogP contribution in [0.25, 0.3) is 0 Å². The normalized spacial score (nSPS) is 17.7. The van der Waals surface area contributed by atoms with Gasteiger partial charge in [0.1, 0.15) is 36.5 Å². The molecule has 0 radical (unpaired) electrons. The highest BCUT2D eigenvalue weighted by atomic mass is 35.5. The fraction of sp³-hybridized carbons (Fsp3) is 0.214. The van der Waals surface area contributed by atoms with Crippen LogP contribution in [0.5, 0.6) is 0 Å². The minimum absolute atomic E-state index is 0.0606. The Morgan fingerprint density at radius 1 is 1.20 bits per heavy atom. The molecule has 2 unspecified atom stereocenters. The van der Waals surface area contributed by atoms with Gasteiger partial charge in [0, 0.05) is 26.8 Å². The molecule has 3 amide bonds. The summed E-state index contributed by atoms with van der Waals surface area (Å²) in [5, 5.41) is 20.8. The summed E-state index contributed by atoms with van der Waals surface area (Å²) in [5.74, 6) is -1.99. The third-order valence-electron chi connectivity index (χ3n) is 6.40. The van der Waals surface area contributed by atoms with Gasteiger partial charge in [0.15, 0.2) is 10.8 Å². The lowest BCUT2D eigenvalue weighted by Gasteiger charge is -2.49. The number of thiazole rings is 1. The molecule has 2 aliphatic heterocycles. The number of β-lactam (4-membered cyclic amide) rings is 1. The highest BCUT2D eigenvalue weighted by Crippen LogP contribution is 2.42. The van der Waals surface area contributed by atoms with E-state index < -0.39 is 35.3 Å². The van der Waals surface area contributed by atoms with E-state index in [-0.39, 0.29) is 34.6 Å². The number of halogens is 2. The fourth-order valence-corrected chi connectivity index (χ4v) is 8.00. The van der Waals surface area contributed by atoms with E-state index in [1.54, 1.807) is 18.2 Å². The molecule has 3 heterocycles. The molecule has 1 aromatic heterocycles. The second kappa shape index (κ2) is 14.6. The van der Waals surface area contributed by atoms with Crippen molar-refractivity contribution in [3.63, 3.8) is 0 Å². The summed E-state index contributed by atoms with van der Waals surface area (Å²) >= 11 is 15.9. The molecular formula is C28H23Cl2N5O7S3. The van der Waals surface area contributed by atoms with Crippen LogP contribution in [0.1, 0.15) is 11.3 Å². The van der Waals surface area contributed by atoms with E-state index in [9.17, 15) is 24.3 Å². The second-order valence-corrected chi connectivity index (χ2v) is 13.2. The summed E-state index contributed by atoms with van der Waals surface area (Å²) < 4.78 is 5.19. The predicted molar refractivity (Wildman–Crippen MR) is 173 cm³/mol. The van der Waals surface area contributed by atoms with Gasteiger partial charge in [-0.15, -0.1) is 34.9 Å². The van der Waals surface area contributed by atoms with E-state index in [1.807, 2.05) is 30.3 Å². The van der Waals surface area contributed by atoms with Gasteiger partial charge in [0.25, 0.3) is 11.8 Å². The number of rotatable bonds is 11. The molecule has 3 aromatic rings. The number of nitrogens with zero attached hydrogens (tertiary/aromatic N) is 3. The number of fused-ring (bicyclic) bond motifs is 1. The van der Waals surface area contributed by atoms with Crippen molar-refractivity contribution < 1.29 is 33.9 Å². The monoisotopic (exact) mass is 707 g/mol. The van der Waals surface area contributed by atoms with Crippen molar-refractivity contribution in [2.75, 3.05) is 23.9 Å². The topological polar surface area (TPSA) is 160 Å². The molecule has 3 N–H and O–H groups in total. The first-order chi connectivity index (χ1) is 21.7. The number of carboxylic acids is 1. The zero-order chi connectivity index (χ0) is 32.1. The number of carbonyl (C=O) groups excluding carboxylic acids is 3. The number of thioether (sulfide) groups is 2. The van der Waals surface area contributed by atoms with Crippen LogP contribution in [0, 0.1) is 0 Å². The smallest absolute Gasteiger partial charge is 0.413 e. The fourth-order valence-electron chi connectivity index (χ4n) is 4.34. The van der Waals surface area contributed by atoms with Crippen LogP contribution in [0.2, 0.25) is 10.0 Å². The number of anilines is 1. The van der Waals surface area contributed by atoms with E-state index in [2.05, 4.69) is 20.8 Å². The van der Waals surface area contributed by atoms with Crippen LogP contribution >= 0.6 is 58.1 Å². The van der Waals surface area contributed by atoms with Crippen molar-refractivity contribution in [3.8, 4) is 0 Å². The van der Waals surface area contributed by atoms with Gasteiger partial charge >= 0.3 is 12.1 Å². The number of aliphatic carboxylic acids is 1. The molecule has 2 aromatic carbocycles. The molecular weight excluding hydrogens is 685 g/mol. The van der Waals surface area contributed by atoms with Gasteiger partial charge in [0.2, 0.25) is 0 Å². The SMILES string of the molecule is CO/N=C(/C(=O)NC1C(=O)N2C(C(=O)O)=C(CSc3ccc(Cl)cc3Cl)CSC12)c1csc(NC(=O)OCc2ccccc2)n1. The summed E-state index contributed by atoms with van der Waals surface area (Å²) in [4.78, 5) is 61.8. The van der Waals surface area contributed by atoms with Crippen LogP contribution < -0.4 is 10.6 Å². The highest BCUT2D eigenvalue weighted by molar-refractivity contribution is 8.01. The van der Waals surface area contributed by atoms with E-state index in [1.165, 1.54) is 40.9 Å². The summed E-state index contributed by atoms with van der Waals surface area (Å²) in [6.45, 7) is 0.0606. The number of oxime groups is 1. The standard InChI is InChI=1S/C28H23Cl2N5O7S3/c1-41-34-20(18-13-45-27(31-18)33-28(40)42-10-14-5-3-2-4-6-14)23(36)32-21-24(37)35-22(26(38)39)15(12-44-25(21)35)11-43-19-8-7-16(29)9-17(19)30/h2-9,13,21,25H,10-12H2,1H3,(H,32,36)(H,38,39)(H,31,33,40)/b34-20+. The number of nitrogens with one attached hydrogen (secondary N) is 2. The molecule has 17 heteroatoms. The van der Waals surface area contributed by atoms with Gasteiger partial charge in [-0.3, -0.25) is 19.8 Å². The van der Waals surface area contributed by atoms with Crippen LogP contribution in [-0.4, -0.2) is 74.6 Å². The molecule has 2 aliphatic rings. The van der Waals surface area contributed by atoms with Crippen LogP contribution in [-0.2, 0) is 30.6 Å². The molecule has 0 aliphatic carbocycles. The Labute approximate surface area is 279 Å². The number of carbonyl (C=O) groups is 4. The Balaban J connectivity index is 1.22. The van der Waals surface area contributed by atoms with Crippen LogP contribution in [0.15, 0.2) is 75.2 Å². The van der Waals surface area contributed by atoms with Crippen molar-refractivity contribution in [1.82, 2.24) is 15.2 Å². The number of hydrogen-bond acceptors (Lipinski definition) is 11. The number of aromatic nitrogens is 1. The first-order valence-electron chi connectivity index (χ1n) is 13.0. The largest absolute Gasteiger partial charge is 0.477 e. The number of ether oxygens (including phenoxy) is 1. The minimum Gasteiger partial charge on any atom is -0.477 e. The predicted octanol–water partition coefficient (Wildman–Crippen LogP) is 5.08. The molecule has 1 fully saturated rings. The van der Waals surface area contributed by atoms with Crippen molar-refractivity contribution >= 4 is 92.8 Å². The van der Waals surface area contributed by atoms with Gasteiger partial charge in [0.05, 0.1) is 5.02 Å². The van der Waals surface area contributed by atoms with E-state index in [0.717, 1.165) is 21.8 Å². The number of benzene rings is 2. The Kier molecular flexibility index (Phi) is 10.6. The number of amides is 3. The van der Waals surface area contributed by atoms with Crippen molar-refractivity contribution in [1.29, 1.82) is 0 Å². The molecule has 1 saturated heterocycles. The minimum atomic E-state index is -1.25. The summed E-state index contributed by atoms with van der Waals surface area (Å²) in [6, 6.07) is 13.1. The van der Waals surface area contributed by atoms with Crippen molar-refractivity contribution in [2.45, 2.75) is 22.9 Å². The summed E-state index contributed by atoms with van der Waals surface area (Å²) in [6.07, 6.45) is -0.736. The molecule has 0 spiro atoms. The van der Waals surface area contributed by atoms with E-state index in [4.69, 9.17) is 32.8 Å². The number of hydrogen-bond donors (Lipinski definition) is 3. The van der Waals surface area contributed by atoms with Gasteiger partial charge in [-0.2, -0.15) is 0 Å². The second-order valence-electron chi connectivity index (χ2n) is 9.33. The summed E-state index contributed by atoms with van der Waals surface area (Å²) in [5.41, 5.74) is 1.08. The first-order valence-corrected chi connectivity index (χ1v) is 16.7. The molecule has 12 nitrogen and oxygen atoms in total. The van der Waals surface area contributed by atoms with Crippen molar-refractivity contribution in [2.24, 2.45) is 5.16 Å². The van der Waals surface area contributed by atoms with Gasteiger partial charge in [-0.25, -0.2) is 14.6 Å². The molecule has 234 valence electrons. The van der Waals surface area contributed by atoms with Crippen LogP contribution in [0.4, 0.5) is 9.93 Å². The third kappa shape index (κ3) is 7.56. The lowest BCUT2D eigenvalue weighted by molar-refractivity contribution is -0.150. The average Bonchev–Trinajstić information content (AvgIpc) is 3.48. The maximum atomic E-state index is 13.2. The Morgan fingerprint density at radius 3 is 2.69 bits per heavy atom. The molecule has 2 atom stereocenters. The average molecular weight is 709 g/mol. The Bertz CT molecular complexity index is 1700. The first kappa shape index (κ1) is 32.6. The molecule has 0 saturated carbocycles. The zero-order valence-electron chi connectivity index (χ0n) is 23.2. The van der Waals surface area contributed by atoms with Crippen LogP contribution in [0.3, 0.4) is 0 Å². The summed E-state index contributed by atoms with van der Waals surface area (Å²) in [7, 11) is 1.24. The Hall–Kier alpha value is -3.76. The molecule has 0 bridgehead atoms.